The van der Waals surface area contributed by atoms with Gasteiger partial charge >= 0.3 is 5.97 Å². The van der Waals surface area contributed by atoms with E-state index in [1.807, 2.05) is 0 Å². The van der Waals surface area contributed by atoms with Crippen LogP contribution in [0.1, 0.15) is 5.69 Å². The van der Waals surface area contributed by atoms with Gasteiger partial charge in [0.1, 0.15) is 12.8 Å². The number of hydrogen-bond acceptors (Lipinski definition) is 3. The summed E-state index contributed by atoms with van der Waals surface area (Å²) in [5.74, 6) is -1.08. The molecule has 0 saturated carbocycles. The molecule has 1 heterocycles. The topological polar surface area (TPSA) is 110 Å². The number of aromatic amines is 1. The van der Waals surface area contributed by atoms with Crippen molar-refractivity contribution < 1.29 is 19.8 Å². The van der Waals surface area contributed by atoms with Gasteiger partial charge < -0.3 is 15.6 Å². The summed E-state index contributed by atoms with van der Waals surface area (Å²) in [6.07, 6.45) is 3.15. The molecule has 0 aromatic carbocycles. The van der Waals surface area contributed by atoms with Crippen molar-refractivity contribution in [3.05, 3.63) is 18.2 Å². The predicted octanol–water partition coefficient (Wildman–Crippen LogP) is -0.481. The zero-order valence-corrected chi connectivity index (χ0v) is 8.55. The molecule has 0 spiro atoms. The number of aromatic nitrogens is 2. The minimum atomic E-state index is -1.08. The number of carbonyl (C=O) groups is 1. The van der Waals surface area contributed by atoms with Gasteiger partial charge in [-0.05, 0) is 0 Å². The van der Waals surface area contributed by atoms with Crippen molar-refractivity contribution in [1.29, 1.82) is 0 Å². The van der Waals surface area contributed by atoms with Crippen LogP contribution in [0.5, 0.6) is 0 Å². The van der Waals surface area contributed by atoms with Gasteiger partial charge in [-0.1, -0.05) is 0 Å². The van der Waals surface area contributed by atoms with Crippen LogP contribution >= 0.6 is 12.4 Å². The molecule has 1 rings (SSSR count). The average molecular weight is 242 g/mol. The number of carboxylic acids is 1. The molecule has 0 amide bonds. The highest BCUT2D eigenvalue weighted by Gasteiger charge is 2.17. The summed E-state index contributed by atoms with van der Waals surface area (Å²) in [5.41, 5.74) is 0.661. The highest BCUT2D eigenvalue weighted by Crippen LogP contribution is 1.98. The number of H-pyrrole nitrogens is 1. The highest BCUT2D eigenvalue weighted by molar-refractivity contribution is 5.85. The van der Waals surface area contributed by atoms with Gasteiger partial charge in [0.05, 0.1) is 6.33 Å². The van der Waals surface area contributed by atoms with Crippen molar-refractivity contribution in [2.24, 2.45) is 0 Å². The van der Waals surface area contributed by atoms with E-state index in [-0.39, 0.29) is 24.3 Å². The van der Waals surface area contributed by atoms with Crippen LogP contribution in [0.2, 0.25) is 0 Å². The molecule has 0 aliphatic rings. The summed E-state index contributed by atoms with van der Waals surface area (Å²) in [4.78, 5) is 17.0. The summed E-state index contributed by atoms with van der Waals surface area (Å²) in [6.45, 7) is -0.856. The van der Waals surface area contributed by atoms with E-state index in [2.05, 4.69) is 15.3 Å². The molecule has 0 saturated heterocycles. The van der Waals surface area contributed by atoms with Crippen LogP contribution in [0.4, 0.5) is 4.39 Å². The van der Waals surface area contributed by atoms with Crippen LogP contribution in [0.15, 0.2) is 12.5 Å². The highest BCUT2D eigenvalue weighted by atomic mass is 35.5. The molecule has 0 fully saturated rings. The Morgan fingerprint density at radius 2 is 2.40 bits per heavy atom. The van der Waals surface area contributed by atoms with Gasteiger partial charge in [-0.15, -0.1) is 12.4 Å². The molecule has 0 aliphatic heterocycles. The van der Waals surface area contributed by atoms with Crippen LogP contribution in [0.3, 0.4) is 0 Å². The number of nitrogens with one attached hydrogen (secondary N) is 2. The largest absolute Gasteiger partial charge is 0.480 e. The Hall–Kier alpha value is -1.18. The van der Waals surface area contributed by atoms with Crippen LogP contribution in [-0.4, -0.2) is 39.4 Å². The first kappa shape index (κ1) is 16.3. The van der Waals surface area contributed by atoms with Crippen molar-refractivity contribution >= 4 is 18.4 Å². The number of hydrogen-bond donors (Lipinski definition) is 3. The molecule has 1 aromatic rings. The van der Waals surface area contributed by atoms with Crippen LogP contribution < -0.4 is 5.32 Å². The number of rotatable bonds is 5. The van der Waals surface area contributed by atoms with E-state index in [9.17, 15) is 9.18 Å². The van der Waals surface area contributed by atoms with Crippen LogP contribution in [0, 0.1) is 0 Å². The molecule has 88 valence electrons. The molecule has 6 nitrogen and oxygen atoms in total. The van der Waals surface area contributed by atoms with Gasteiger partial charge in [0.2, 0.25) is 0 Å². The number of aliphatic carboxylic acids is 1. The third-order valence-electron chi connectivity index (χ3n) is 1.60. The standard InChI is InChI=1S/C7H10FN3O2.ClH.H2O/c8-3-10-6(7(12)13)1-5-2-9-4-11-5;;/h2,4,6,10H,1,3H2,(H,9,11)(H,12,13);1H;1H2/t6-;;/m0../s1. The fraction of sp³-hybridized carbons (Fsp3) is 0.429. The molecule has 5 N–H and O–H groups in total. The predicted molar refractivity (Wildman–Crippen MR) is 53.7 cm³/mol. The third kappa shape index (κ3) is 5.31. The Balaban J connectivity index is 0. The summed E-state index contributed by atoms with van der Waals surface area (Å²) >= 11 is 0. The maximum atomic E-state index is 11.8. The van der Waals surface area contributed by atoms with Gasteiger partial charge in [0, 0.05) is 18.3 Å². The lowest BCUT2D eigenvalue weighted by Gasteiger charge is -2.09. The third-order valence-corrected chi connectivity index (χ3v) is 1.60. The summed E-state index contributed by atoms with van der Waals surface area (Å²) < 4.78 is 11.8. The van der Waals surface area contributed by atoms with E-state index in [4.69, 9.17) is 5.11 Å². The number of alkyl halides is 1. The van der Waals surface area contributed by atoms with E-state index in [1.54, 1.807) is 0 Å². The van der Waals surface area contributed by atoms with E-state index >= 15 is 0 Å². The van der Waals surface area contributed by atoms with Crippen molar-refractivity contribution in [1.82, 2.24) is 15.3 Å². The molecule has 0 radical (unpaired) electrons. The first-order valence-corrected chi connectivity index (χ1v) is 3.73. The molecule has 15 heavy (non-hydrogen) atoms. The van der Waals surface area contributed by atoms with Crippen LogP contribution in [0.25, 0.3) is 0 Å². The Labute approximate surface area is 91.6 Å². The molecular weight excluding hydrogens is 229 g/mol. The molecule has 1 aromatic heterocycles. The van der Waals surface area contributed by atoms with Crippen LogP contribution in [-0.2, 0) is 11.2 Å². The fourth-order valence-electron chi connectivity index (χ4n) is 0.956. The van der Waals surface area contributed by atoms with Gasteiger partial charge in [-0.2, -0.15) is 0 Å². The SMILES string of the molecule is Cl.O.O=C(O)[C@H](Cc1cnc[nH]1)NCF. The second-order valence-electron chi connectivity index (χ2n) is 2.51. The zero-order valence-electron chi connectivity index (χ0n) is 7.74. The van der Waals surface area contributed by atoms with Crippen molar-refractivity contribution in [2.75, 3.05) is 6.80 Å². The second-order valence-corrected chi connectivity index (χ2v) is 2.51. The average Bonchev–Trinajstić information content (AvgIpc) is 2.56. The van der Waals surface area contributed by atoms with Crippen molar-refractivity contribution in [3.63, 3.8) is 0 Å². The Bertz CT molecular complexity index is 270. The zero-order chi connectivity index (χ0) is 9.68. The second kappa shape index (κ2) is 8.16. The maximum Gasteiger partial charge on any atom is 0.321 e. The summed E-state index contributed by atoms with van der Waals surface area (Å²) in [7, 11) is 0. The van der Waals surface area contributed by atoms with Gasteiger partial charge in [-0.3, -0.25) is 10.1 Å². The summed E-state index contributed by atoms with van der Waals surface area (Å²) in [5, 5.41) is 10.8. The maximum absolute atomic E-state index is 11.8. The normalized spacial score (nSPS) is 11.0. The lowest BCUT2D eigenvalue weighted by Crippen LogP contribution is -2.38. The molecule has 8 heteroatoms. The Morgan fingerprint density at radius 1 is 1.73 bits per heavy atom. The van der Waals surface area contributed by atoms with Gasteiger partial charge in [-0.25, -0.2) is 9.37 Å². The van der Waals surface area contributed by atoms with Crippen molar-refractivity contribution in [3.8, 4) is 0 Å². The first-order valence-electron chi connectivity index (χ1n) is 3.73. The smallest absolute Gasteiger partial charge is 0.321 e. The Kier molecular flexibility index (Phi) is 8.84. The number of carboxylic acid groups (broad SMARTS) is 1. The molecule has 0 bridgehead atoms. The monoisotopic (exact) mass is 241 g/mol. The minimum absolute atomic E-state index is 0. The number of nitrogens with zero attached hydrogens (tertiary/aromatic N) is 1. The first-order chi connectivity index (χ1) is 6.24. The minimum Gasteiger partial charge on any atom is -0.480 e. The number of imidazole rings is 1. The van der Waals surface area contributed by atoms with Gasteiger partial charge in [0.25, 0.3) is 0 Å². The van der Waals surface area contributed by atoms with E-state index < -0.39 is 18.8 Å². The fourth-order valence-corrected chi connectivity index (χ4v) is 0.956. The molecule has 1 atom stereocenters. The van der Waals surface area contributed by atoms with E-state index in [0.29, 0.717) is 5.69 Å². The van der Waals surface area contributed by atoms with Crippen molar-refractivity contribution in [2.45, 2.75) is 12.5 Å². The van der Waals surface area contributed by atoms with Gasteiger partial charge in [0.15, 0.2) is 0 Å². The molecule has 0 aliphatic carbocycles. The number of halogens is 2. The Morgan fingerprint density at radius 3 is 2.80 bits per heavy atom. The molecule has 0 unspecified atom stereocenters. The lowest BCUT2D eigenvalue weighted by molar-refractivity contribution is -0.139. The van der Waals surface area contributed by atoms with E-state index in [0.717, 1.165) is 0 Å². The van der Waals surface area contributed by atoms with E-state index in [1.165, 1.54) is 12.5 Å². The quantitative estimate of drug-likeness (QED) is 0.605. The summed E-state index contributed by atoms with van der Waals surface area (Å²) in [6, 6.07) is -0.912. The molecular formula is C7H13ClFN3O3. The lowest BCUT2D eigenvalue weighted by atomic mass is 10.2.